The number of carbonyl (C=O) groups is 1. The highest BCUT2D eigenvalue weighted by atomic mass is 35.5. The van der Waals surface area contributed by atoms with Gasteiger partial charge in [-0.25, -0.2) is 0 Å². The molecule has 0 saturated heterocycles. The highest BCUT2D eigenvalue weighted by molar-refractivity contribution is 5.72. The minimum absolute atomic E-state index is 0. The van der Waals surface area contributed by atoms with Crippen molar-refractivity contribution in [2.45, 2.75) is 13.8 Å². The molecule has 1 N–H and O–H groups in total. The molecule has 0 aliphatic heterocycles. The molecule has 0 aliphatic carbocycles. The lowest BCUT2D eigenvalue weighted by molar-refractivity contribution is -0.870. The number of Topliss-reactive ketones (excluding diaryl/α,β-unsaturated/α-hetero) is 1. The predicted molar refractivity (Wildman–Crippen MR) is 46.3 cm³/mol. The number of halogens is 1. The van der Waals surface area contributed by atoms with Crippen molar-refractivity contribution in [1.29, 1.82) is 0 Å². The Labute approximate surface area is 81.4 Å². The Balaban J connectivity index is -0.000000142. The van der Waals surface area contributed by atoms with Gasteiger partial charge in [0.05, 0.1) is 27.7 Å². The Morgan fingerprint density at radius 2 is 1.50 bits per heavy atom. The number of hydrogen-bond donors (Lipinski definition) is 1. The second-order valence-corrected chi connectivity index (χ2v) is 3.65. The van der Waals surface area contributed by atoms with E-state index in [1.807, 2.05) is 0 Å². The van der Waals surface area contributed by atoms with Crippen molar-refractivity contribution < 1.29 is 26.8 Å². The molecule has 0 aliphatic rings. The monoisotopic (exact) mass is 197 g/mol. The van der Waals surface area contributed by atoms with Gasteiger partial charge >= 0.3 is 0 Å². The second kappa shape index (κ2) is 8.97. The van der Waals surface area contributed by atoms with Crippen LogP contribution in [0.25, 0.3) is 0 Å². The maximum absolute atomic E-state index is 9.44. The molecule has 0 heterocycles. The van der Waals surface area contributed by atoms with Crippen LogP contribution in [0.3, 0.4) is 0 Å². The van der Waals surface area contributed by atoms with E-state index < -0.39 is 0 Å². The van der Waals surface area contributed by atoms with Gasteiger partial charge in [0.15, 0.2) is 0 Å². The molecule has 0 aromatic heterocycles. The smallest absolute Gasteiger partial charge is 0.126 e. The first-order valence-electron chi connectivity index (χ1n) is 3.68. The van der Waals surface area contributed by atoms with Gasteiger partial charge in [0, 0.05) is 0 Å². The van der Waals surface area contributed by atoms with Crippen molar-refractivity contribution in [3.8, 4) is 0 Å². The van der Waals surface area contributed by atoms with E-state index in [0.717, 1.165) is 11.0 Å². The van der Waals surface area contributed by atoms with Gasteiger partial charge in [-0.3, -0.25) is 0 Å². The lowest BCUT2D eigenvalue weighted by atomic mass is 10.5. The molecule has 0 bridgehead atoms. The van der Waals surface area contributed by atoms with Crippen LogP contribution in [0.5, 0.6) is 0 Å². The zero-order valence-corrected chi connectivity index (χ0v) is 9.35. The number of ketones is 1. The van der Waals surface area contributed by atoms with E-state index in [9.17, 15) is 4.79 Å². The van der Waals surface area contributed by atoms with Crippen LogP contribution in [0.2, 0.25) is 0 Å². The quantitative estimate of drug-likeness (QED) is 0.489. The molecular weight excluding hydrogens is 178 g/mol. The molecule has 3 nitrogen and oxygen atoms in total. The predicted octanol–water partition coefficient (Wildman–Crippen LogP) is -2.72. The SMILES string of the molecule is CC(C)=O.C[N+](C)(C)CCO.[Cl-]. The van der Waals surface area contributed by atoms with Crippen molar-refractivity contribution in [3.05, 3.63) is 0 Å². The number of likely N-dealkylation sites (N-methyl/N-ethyl adjacent to an activating group) is 1. The zero-order valence-electron chi connectivity index (χ0n) is 8.59. The van der Waals surface area contributed by atoms with Crippen LogP contribution in [-0.4, -0.2) is 49.7 Å². The number of aliphatic hydroxyl groups excluding tert-OH is 1. The Morgan fingerprint density at radius 1 is 1.25 bits per heavy atom. The number of nitrogens with zero attached hydrogens (tertiary/aromatic N) is 1. The molecule has 0 aromatic rings. The molecule has 0 fully saturated rings. The lowest BCUT2D eigenvalue weighted by Crippen LogP contribution is -3.00. The van der Waals surface area contributed by atoms with E-state index in [1.54, 1.807) is 0 Å². The van der Waals surface area contributed by atoms with Crippen LogP contribution < -0.4 is 12.4 Å². The lowest BCUT2D eigenvalue weighted by Gasteiger charge is -2.21. The summed E-state index contributed by atoms with van der Waals surface area (Å²) < 4.78 is 0.844. The molecule has 0 aromatic carbocycles. The fourth-order valence-corrected chi connectivity index (χ4v) is 0.300. The van der Waals surface area contributed by atoms with Crippen LogP contribution in [0.4, 0.5) is 0 Å². The molecule has 0 spiro atoms. The fourth-order valence-electron chi connectivity index (χ4n) is 0.300. The van der Waals surface area contributed by atoms with Gasteiger partial charge in [-0.05, 0) is 13.8 Å². The average Bonchev–Trinajstić information content (AvgIpc) is 1.58. The standard InChI is InChI=1S/C5H14NO.C3H6O.ClH/c1-6(2,3)4-5-7;1-3(2)4;/h7H,4-5H2,1-3H3;1-2H3;1H/q+1;;/p-1. The minimum Gasteiger partial charge on any atom is -1.00 e. The van der Waals surface area contributed by atoms with Gasteiger partial charge in [0.25, 0.3) is 0 Å². The van der Waals surface area contributed by atoms with E-state index in [0.29, 0.717) is 0 Å². The van der Waals surface area contributed by atoms with Crippen molar-refractivity contribution in [3.63, 3.8) is 0 Å². The van der Waals surface area contributed by atoms with E-state index in [-0.39, 0.29) is 24.8 Å². The fraction of sp³-hybridized carbons (Fsp3) is 0.875. The molecule has 0 atom stereocenters. The molecule has 0 rings (SSSR count). The molecule has 4 heteroatoms. The summed E-state index contributed by atoms with van der Waals surface area (Å²) in [4.78, 5) is 9.44. The van der Waals surface area contributed by atoms with Gasteiger partial charge in [-0.2, -0.15) is 0 Å². The summed E-state index contributed by atoms with van der Waals surface area (Å²) in [6.45, 7) is 4.17. The van der Waals surface area contributed by atoms with Crippen LogP contribution in [0.15, 0.2) is 0 Å². The third-order valence-electron chi connectivity index (χ3n) is 0.771. The molecule has 0 radical (unpaired) electrons. The first-order chi connectivity index (χ1) is 4.79. The Hall–Kier alpha value is -0.120. The average molecular weight is 198 g/mol. The Bertz CT molecular complexity index is 106. The third kappa shape index (κ3) is 51.8. The van der Waals surface area contributed by atoms with Crippen molar-refractivity contribution in [2.75, 3.05) is 34.3 Å². The van der Waals surface area contributed by atoms with Crippen LogP contribution in [-0.2, 0) is 4.79 Å². The van der Waals surface area contributed by atoms with E-state index >= 15 is 0 Å². The maximum atomic E-state index is 9.44. The molecule has 0 unspecified atom stereocenters. The molecule has 0 saturated carbocycles. The minimum atomic E-state index is 0. The van der Waals surface area contributed by atoms with Crippen molar-refractivity contribution in [2.24, 2.45) is 0 Å². The summed E-state index contributed by atoms with van der Waals surface area (Å²) in [7, 11) is 6.16. The first-order valence-corrected chi connectivity index (χ1v) is 3.68. The largest absolute Gasteiger partial charge is 1.00 e. The summed E-state index contributed by atoms with van der Waals surface area (Å²) in [6, 6.07) is 0. The van der Waals surface area contributed by atoms with Crippen molar-refractivity contribution >= 4 is 5.78 Å². The number of quaternary nitrogens is 1. The van der Waals surface area contributed by atoms with Crippen LogP contribution in [0, 0.1) is 0 Å². The third-order valence-corrected chi connectivity index (χ3v) is 0.771. The first kappa shape index (κ1) is 17.8. The summed E-state index contributed by atoms with van der Waals surface area (Å²) in [5.74, 6) is 0.167. The molecule has 0 amide bonds. The molecular formula is C8H20ClNO2. The van der Waals surface area contributed by atoms with Crippen LogP contribution in [0.1, 0.15) is 13.8 Å². The number of hydrogen-bond acceptors (Lipinski definition) is 2. The van der Waals surface area contributed by atoms with Crippen molar-refractivity contribution in [1.82, 2.24) is 0 Å². The zero-order chi connectivity index (χ0) is 9.49. The summed E-state index contributed by atoms with van der Waals surface area (Å²) in [5.41, 5.74) is 0. The van der Waals surface area contributed by atoms with Gasteiger partial charge < -0.3 is 26.8 Å². The summed E-state index contributed by atoms with van der Waals surface area (Å²) in [6.07, 6.45) is 0. The summed E-state index contributed by atoms with van der Waals surface area (Å²) >= 11 is 0. The number of carbonyl (C=O) groups excluding carboxylic acids is 1. The Morgan fingerprint density at radius 3 is 1.50 bits per heavy atom. The highest BCUT2D eigenvalue weighted by Crippen LogP contribution is 1.84. The highest BCUT2D eigenvalue weighted by Gasteiger charge is 2.02. The van der Waals surface area contributed by atoms with E-state index in [4.69, 9.17) is 5.11 Å². The van der Waals surface area contributed by atoms with Gasteiger partial charge in [0.1, 0.15) is 12.3 Å². The van der Waals surface area contributed by atoms with E-state index in [1.165, 1.54) is 13.8 Å². The summed E-state index contributed by atoms with van der Waals surface area (Å²) in [5, 5.41) is 8.39. The second-order valence-electron chi connectivity index (χ2n) is 3.65. The van der Waals surface area contributed by atoms with E-state index in [2.05, 4.69) is 21.1 Å². The molecule has 12 heavy (non-hydrogen) atoms. The topological polar surface area (TPSA) is 37.3 Å². The van der Waals surface area contributed by atoms with Crippen LogP contribution >= 0.6 is 0 Å². The number of rotatable bonds is 2. The van der Waals surface area contributed by atoms with Gasteiger partial charge in [-0.15, -0.1) is 0 Å². The normalized spacial score (nSPS) is 9.17. The molecule has 76 valence electrons. The number of aliphatic hydroxyl groups is 1. The maximum Gasteiger partial charge on any atom is 0.126 e. The Kier molecular flexibility index (Phi) is 13.3. The van der Waals surface area contributed by atoms with Gasteiger partial charge in [0.2, 0.25) is 0 Å². The van der Waals surface area contributed by atoms with Gasteiger partial charge in [-0.1, -0.05) is 0 Å².